The van der Waals surface area contributed by atoms with Crippen molar-refractivity contribution in [2.75, 3.05) is 4.90 Å². The molecule has 0 saturated heterocycles. The van der Waals surface area contributed by atoms with Crippen molar-refractivity contribution in [2.45, 2.75) is 52.1 Å². The molecule has 1 aromatic carbocycles. The Balaban J connectivity index is 1.97. The summed E-state index contributed by atoms with van der Waals surface area (Å²) < 4.78 is 0. The summed E-state index contributed by atoms with van der Waals surface area (Å²) in [6.45, 7) is 6.10. The maximum absolute atomic E-state index is 13.0. The van der Waals surface area contributed by atoms with Gasteiger partial charge in [-0.25, -0.2) is 4.98 Å². The van der Waals surface area contributed by atoms with Gasteiger partial charge in [-0.3, -0.25) is 9.69 Å². The largest absolute Gasteiger partial charge is 0.344 e. The van der Waals surface area contributed by atoms with E-state index in [2.05, 4.69) is 23.0 Å². The molecular weight excluding hydrogens is 300 g/mol. The van der Waals surface area contributed by atoms with Crippen LogP contribution in [0.25, 0.3) is 0 Å². The number of amides is 1. The number of imidazole rings is 1. The van der Waals surface area contributed by atoms with Crippen molar-refractivity contribution in [1.29, 1.82) is 0 Å². The number of nitrogens with zero attached hydrogens (tertiary/aromatic N) is 2. The zero-order valence-electron chi connectivity index (χ0n) is 14.6. The highest BCUT2D eigenvalue weighted by Gasteiger charge is 2.38. The Morgan fingerprint density at radius 2 is 2.17 bits per heavy atom. The fourth-order valence-electron chi connectivity index (χ4n) is 3.27. The number of carbonyl (C=O) groups is 1. The maximum Gasteiger partial charge on any atom is 0.244 e. The molecule has 128 valence electrons. The van der Waals surface area contributed by atoms with Crippen LogP contribution in [0.15, 0.2) is 30.5 Å². The topological polar surface area (TPSA) is 75.0 Å². The van der Waals surface area contributed by atoms with E-state index < -0.39 is 6.04 Å². The molecule has 3 N–H and O–H groups in total. The van der Waals surface area contributed by atoms with Gasteiger partial charge in [0.15, 0.2) is 0 Å². The zero-order chi connectivity index (χ0) is 17.3. The molecule has 24 heavy (non-hydrogen) atoms. The predicted molar refractivity (Wildman–Crippen MR) is 95.8 cm³/mol. The molecule has 5 nitrogen and oxygen atoms in total. The Morgan fingerprint density at radius 3 is 2.88 bits per heavy atom. The lowest BCUT2D eigenvalue weighted by atomic mass is 10.0. The second-order valence-electron chi connectivity index (χ2n) is 6.87. The fourth-order valence-corrected chi connectivity index (χ4v) is 3.27. The summed E-state index contributed by atoms with van der Waals surface area (Å²) in [4.78, 5) is 22.8. The van der Waals surface area contributed by atoms with Crippen LogP contribution in [-0.4, -0.2) is 21.9 Å². The van der Waals surface area contributed by atoms with Crippen LogP contribution < -0.4 is 10.6 Å². The minimum atomic E-state index is -0.510. The summed E-state index contributed by atoms with van der Waals surface area (Å²) in [7, 11) is 0. The average molecular weight is 326 g/mol. The van der Waals surface area contributed by atoms with Gasteiger partial charge in [0.1, 0.15) is 5.82 Å². The Morgan fingerprint density at radius 1 is 1.42 bits per heavy atom. The number of aryl methyl sites for hydroxylation is 1. The SMILES string of the molecule is CCCc1cnc([C@@H]2Cc3ccccc3N2C(=O)[C@@H](N)C(C)C)[nH]1. The van der Waals surface area contributed by atoms with Crippen molar-refractivity contribution in [2.24, 2.45) is 11.7 Å². The van der Waals surface area contributed by atoms with Crippen molar-refractivity contribution >= 4 is 11.6 Å². The Bertz CT molecular complexity index is 722. The van der Waals surface area contributed by atoms with E-state index in [1.165, 1.54) is 5.56 Å². The number of benzene rings is 1. The van der Waals surface area contributed by atoms with Crippen molar-refractivity contribution in [3.63, 3.8) is 0 Å². The lowest BCUT2D eigenvalue weighted by molar-refractivity contribution is -0.121. The second-order valence-corrected chi connectivity index (χ2v) is 6.87. The van der Waals surface area contributed by atoms with Gasteiger partial charge >= 0.3 is 0 Å². The van der Waals surface area contributed by atoms with E-state index in [1.807, 2.05) is 43.1 Å². The first-order valence-corrected chi connectivity index (χ1v) is 8.73. The van der Waals surface area contributed by atoms with E-state index in [0.717, 1.165) is 36.5 Å². The zero-order valence-corrected chi connectivity index (χ0v) is 14.6. The molecule has 0 aliphatic carbocycles. The van der Waals surface area contributed by atoms with E-state index in [1.54, 1.807) is 0 Å². The molecule has 0 unspecified atom stereocenters. The average Bonchev–Trinajstić information content (AvgIpc) is 3.17. The summed E-state index contributed by atoms with van der Waals surface area (Å²) in [5.41, 5.74) is 9.41. The summed E-state index contributed by atoms with van der Waals surface area (Å²) in [6, 6.07) is 7.43. The van der Waals surface area contributed by atoms with Crippen LogP contribution in [0, 0.1) is 5.92 Å². The van der Waals surface area contributed by atoms with Gasteiger partial charge in [-0.1, -0.05) is 45.4 Å². The van der Waals surface area contributed by atoms with Crippen LogP contribution in [0.3, 0.4) is 0 Å². The van der Waals surface area contributed by atoms with Gasteiger partial charge in [0.25, 0.3) is 0 Å². The van der Waals surface area contributed by atoms with E-state index >= 15 is 0 Å². The number of anilines is 1. The maximum atomic E-state index is 13.0. The molecule has 2 heterocycles. The Labute approximate surface area is 143 Å². The number of carbonyl (C=O) groups excluding carboxylic acids is 1. The molecule has 0 bridgehead atoms. The molecule has 2 aromatic rings. The van der Waals surface area contributed by atoms with Gasteiger partial charge in [-0.2, -0.15) is 0 Å². The number of nitrogens with two attached hydrogens (primary N) is 1. The van der Waals surface area contributed by atoms with E-state index in [4.69, 9.17) is 5.73 Å². The lowest BCUT2D eigenvalue weighted by Gasteiger charge is -2.28. The Hall–Kier alpha value is -2.14. The van der Waals surface area contributed by atoms with Crippen LogP contribution in [0.4, 0.5) is 5.69 Å². The smallest absolute Gasteiger partial charge is 0.244 e. The third-order valence-electron chi connectivity index (χ3n) is 4.70. The number of hydrogen-bond donors (Lipinski definition) is 2. The number of fused-ring (bicyclic) bond motifs is 1. The van der Waals surface area contributed by atoms with Crippen molar-refractivity contribution in [1.82, 2.24) is 9.97 Å². The molecule has 0 spiro atoms. The van der Waals surface area contributed by atoms with Crippen LogP contribution in [-0.2, 0) is 17.6 Å². The highest BCUT2D eigenvalue weighted by molar-refractivity contribution is 5.99. The number of para-hydroxylation sites is 1. The van der Waals surface area contributed by atoms with Crippen LogP contribution in [0.1, 0.15) is 50.3 Å². The molecule has 1 aliphatic heterocycles. The molecule has 0 fully saturated rings. The highest BCUT2D eigenvalue weighted by Crippen LogP contribution is 2.40. The molecule has 1 amide bonds. The molecule has 3 rings (SSSR count). The summed E-state index contributed by atoms with van der Waals surface area (Å²) >= 11 is 0. The lowest BCUT2D eigenvalue weighted by Crippen LogP contribution is -2.47. The molecule has 2 atom stereocenters. The quantitative estimate of drug-likeness (QED) is 0.887. The Kier molecular flexibility index (Phi) is 4.71. The summed E-state index contributed by atoms with van der Waals surface area (Å²) in [5, 5.41) is 0. The monoisotopic (exact) mass is 326 g/mol. The number of H-pyrrole nitrogens is 1. The highest BCUT2D eigenvalue weighted by atomic mass is 16.2. The molecular formula is C19H26N4O. The molecule has 1 aliphatic rings. The first kappa shape index (κ1) is 16.7. The van der Waals surface area contributed by atoms with Gasteiger partial charge < -0.3 is 10.7 Å². The van der Waals surface area contributed by atoms with E-state index in [9.17, 15) is 4.79 Å². The van der Waals surface area contributed by atoms with Crippen molar-refractivity contribution in [3.05, 3.63) is 47.5 Å². The summed E-state index contributed by atoms with van der Waals surface area (Å²) in [6.07, 6.45) is 4.68. The minimum Gasteiger partial charge on any atom is -0.344 e. The standard InChI is InChI=1S/C19H26N4O/c1-4-7-14-11-21-18(22-14)16-10-13-8-5-6-9-15(13)23(16)19(24)17(20)12(2)3/h5-6,8-9,11-12,16-17H,4,7,10,20H2,1-3H3,(H,21,22)/t16-,17-/m0/s1. The molecule has 5 heteroatoms. The number of hydrogen-bond acceptors (Lipinski definition) is 3. The van der Waals surface area contributed by atoms with Crippen LogP contribution in [0.5, 0.6) is 0 Å². The first-order chi connectivity index (χ1) is 11.5. The molecule has 0 radical (unpaired) electrons. The van der Waals surface area contributed by atoms with E-state index in [-0.39, 0.29) is 17.9 Å². The third-order valence-corrected chi connectivity index (χ3v) is 4.70. The molecule has 1 aromatic heterocycles. The van der Waals surface area contributed by atoms with E-state index in [0.29, 0.717) is 0 Å². The predicted octanol–water partition coefficient (Wildman–Crippen LogP) is 2.98. The first-order valence-electron chi connectivity index (χ1n) is 8.73. The second kappa shape index (κ2) is 6.77. The number of aromatic amines is 1. The normalized spacial score (nSPS) is 18.0. The molecule has 0 saturated carbocycles. The van der Waals surface area contributed by atoms with Crippen molar-refractivity contribution < 1.29 is 4.79 Å². The third kappa shape index (κ3) is 2.96. The van der Waals surface area contributed by atoms with Gasteiger partial charge in [0.05, 0.1) is 12.1 Å². The number of rotatable bonds is 5. The van der Waals surface area contributed by atoms with Crippen LogP contribution >= 0.6 is 0 Å². The number of aromatic nitrogens is 2. The van der Waals surface area contributed by atoms with Gasteiger partial charge in [0, 0.05) is 24.0 Å². The minimum absolute atomic E-state index is 0.0339. The fraction of sp³-hybridized carbons (Fsp3) is 0.474. The van der Waals surface area contributed by atoms with Gasteiger partial charge in [-0.05, 0) is 24.0 Å². The number of nitrogens with one attached hydrogen (secondary N) is 1. The van der Waals surface area contributed by atoms with Gasteiger partial charge in [-0.15, -0.1) is 0 Å². The van der Waals surface area contributed by atoms with Gasteiger partial charge in [0.2, 0.25) is 5.91 Å². The van der Waals surface area contributed by atoms with Crippen molar-refractivity contribution in [3.8, 4) is 0 Å². The van der Waals surface area contributed by atoms with Crippen LogP contribution in [0.2, 0.25) is 0 Å². The summed E-state index contributed by atoms with van der Waals surface area (Å²) in [5.74, 6) is 0.908.